The number of hydrogen-bond donors (Lipinski definition) is 3. The third-order valence-corrected chi connectivity index (χ3v) is 5.38. The second-order valence-corrected chi connectivity index (χ2v) is 7.75. The van der Waals surface area contributed by atoms with Gasteiger partial charge in [-0.2, -0.15) is 5.06 Å². The van der Waals surface area contributed by atoms with E-state index in [9.17, 15) is 28.8 Å². The van der Waals surface area contributed by atoms with E-state index in [-0.39, 0.29) is 40.8 Å². The largest absolute Gasteiger partial charge is 0.351 e. The van der Waals surface area contributed by atoms with E-state index in [1.54, 1.807) is 12.1 Å². The molecule has 1 aliphatic heterocycles. The van der Waals surface area contributed by atoms with Gasteiger partial charge in [-0.3, -0.25) is 24.4 Å². The number of rotatable bonds is 6. The number of carbonyl (C=O) groups excluding carboxylic acids is 4. The van der Waals surface area contributed by atoms with Gasteiger partial charge in [0.1, 0.15) is 11.7 Å². The van der Waals surface area contributed by atoms with Crippen molar-refractivity contribution in [2.24, 2.45) is 0 Å². The standard InChI is InChI=1S/C25H20FN3O5/c26-17-8-6-16(7-9-17)14-27-23(31)22-19-11-10-18(13-20(19)24(32)29(34)25(22)33)28-21(30)12-15-4-2-1-3-5-15/h1-11,13,22,34H,12,14H2,(H,27,31)(H,28,30). The number of nitrogens with one attached hydrogen (secondary N) is 2. The van der Waals surface area contributed by atoms with Crippen molar-refractivity contribution in [1.29, 1.82) is 0 Å². The summed E-state index contributed by atoms with van der Waals surface area (Å²) in [6.45, 7) is 0.0191. The summed E-state index contributed by atoms with van der Waals surface area (Å²) in [5, 5.41) is 15.2. The van der Waals surface area contributed by atoms with E-state index in [0.29, 0.717) is 5.56 Å². The molecule has 1 aliphatic rings. The summed E-state index contributed by atoms with van der Waals surface area (Å²) in [7, 11) is 0. The average molecular weight is 461 g/mol. The summed E-state index contributed by atoms with van der Waals surface area (Å²) in [5.74, 6) is -5.03. The third kappa shape index (κ3) is 4.84. The number of anilines is 1. The molecular formula is C25H20FN3O5. The zero-order valence-corrected chi connectivity index (χ0v) is 17.8. The lowest BCUT2D eigenvalue weighted by Gasteiger charge is -2.28. The Labute approximate surface area is 194 Å². The molecule has 3 N–H and O–H groups in total. The Bertz CT molecular complexity index is 1260. The van der Waals surface area contributed by atoms with Crippen molar-refractivity contribution in [1.82, 2.24) is 10.4 Å². The molecule has 0 aromatic heterocycles. The van der Waals surface area contributed by atoms with Crippen LogP contribution in [0.15, 0.2) is 72.8 Å². The van der Waals surface area contributed by atoms with Gasteiger partial charge in [0, 0.05) is 17.8 Å². The van der Waals surface area contributed by atoms with Crippen molar-refractivity contribution in [2.45, 2.75) is 18.9 Å². The molecule has 4 amide bonds. The zero-order valence-electron chi connectivity index (χ0n) is 17.8. The van der Waals surface area contributed by atoms with E-state index in [0.717, 1.165) is 5.56 Å². The maximum Gasteiger partial charge on any atom is 0.285 e. The summed E-state index contributed by atoms with van der Waals surface area (Å²) in [5.41, 5.74) is 1.71. The van der Waals surface area contributed by atoms with E-state index >= 15 is 0 Å². The first kappa shape index (κ1) is 22.8. The van der Waals surface area contributed by atoms with Gasteiger partial charge in [0.05, 0.1) is 6.42 Å². The predicted octanol–water partition coefficient (Wildman–Crippen LogP) is 2.78. The van der Waals surface area contributed by atoms with Gasteiger partial charge in [-0.25, -0.2) is 4.39 Å². The van der Waals surface area contributed by atoms with Crippen LogP contribution in [-0.2, 0) is 27.3 Å². The number of imide groups is 1. The van der Waals surface area contributed by atoms with Crippen LogP contribution in [0.25, 0.3) is 0 Å². The first-order chi connectivity index (χ1) is 16.3. The van der Waals surface area contributed by atoms with E-state index < -0.39 is 29.5 Å². The van der Waals surface area contributed by atoms with Crippen LogP contribution in [0.1, 0.15) is 33.0 Å². The van der Waals surface area contributed by atoms with Gasteiger partial charge >= 0.3 is 0 Å². The number of hydroxylamine groups is 2. The van der Waals surface area contributed by atoms with Crippen molar-refractivity contribution >= 4 is 29.3 Å². The molecule has 1 heterocycles. The van der Waals surface area contributed by atoms with Gasteiger partial charge in [-0.1, -0.05) is 48.5 Å². The Balaban J connectivity index is 1.53. The maximum absolute atomic E-state index is 13.1. The summed E-state index contributed by atoms with van der Waals surface area (Å²) in [6.07, 6.45) is 0.116. The highest BCUT2D eigenvalue weighted by Gasteiger charge is 2.42. The maximum atomic E-state index is 13.1. The highest BCUT2D eigenvalue weighted by molar-refractivity contribution is 6.18. The molecule has 8 nitrogen and oxygen atoms in total. The number of fused-ring (bicyclic) bond motifs is 1. The first-order valence-corrected chi connectivity index (χ1v) is 10.4. The summed E-state index contributed by atoms with van der Waals surface area (Å²) in [6, 6.07) is 18.7. The van der Waals surface area contributed by atoms with Crippen LogP contribution >= 0.6 is 0 Å². The number of halogens is 1. The first-order valence-electron chi connectivity index (χ1n) is 10.4. The molecule has 0 spiro atoms. The highest BCUT2D eigenvalue weighted by Crippen LogP contribution is 2.31. The fraction of sp³-hybridized carbons (Fsp3) is 0.120. The minimum atomic E-state index is -1.47. The Kier molecular flexibility index (Phi) is 6.46. The Morgan fingerprint density at radius 3 is 2.35 bits per heavy atom. The lowest BCUT2D eigenvalue weighted by Crippen LogP contribution is -2.47. The normalized spacial score (nSPS) is 15.0. The Morgan fingerprint density at radius 2 is 1.65 bits per heavy atom. The van der Waals surface area contributed by atoms with Crippen molar-refractivity contribution in [3.8, 4) is 0 Å². The molecule has 34 heavy (non-hydrogen) atoms. The van der Waals surface area contributed by atoms with Gasteiger partial charge in [0.15, 0.2) is 0 Å². The van der Waals surface area contributed by atoms with E-state index in [1.807, 2.05) is 18.2 Å². The van der Waals surface area contributed by atoms with Crippen molar-refractivity contribution in [2.75, 3.05) is 5.32 Å². The van der Waals surface area contributed by atoms with E-state index in [1.165, 1.54) is 42.5 Å². The molecule has 1 unspecified atom stereocenters. The van der Waals surface area contributed by atoms with E-state index in [2.05, 4.69) is 10.6 Å². The molecule has 3 aromatic carbocycles. The van der Waals surface area contributed by atoms with Gasteiger partial charge < -0.3 is 10.6 Å². The van der Waals surface area contributed by atoms with Gasteiger partial charge in [0.25, 0.3) is 11.8 Å². The van der Waals surface area contributed by atoms with Crippen molar-refractivity contribution < 1.29 is 28.8 Å². The number of hydrogen-bond acceptors (Lipinski definition) is 5. The summed E-state index contributed by atoms with van der Waals surface area (Å²) in [4.78, 5) is 50.2. The van der Waals surface area contributed by atoms with Crippen LogP contribution in [0.5, 0.6) is 0 Å². The summed E-state index contributed by atoms with van der Waals surface area (Å²) >= 11 is 0. The SMILES string of the molecule is O=C(Cc1ccccc1)Nc1ccc2c(c1)C(=O)N(O)C(=O)C2C(=O)NCc1ccc(F)cc1. The van der Waals surface area contributed by atoms with Gasteiger partial charge in [-0.15, -0.1) is 0 Å². The molecule has 3 aromatic rings. The summed E-state index contributed by atoms with van der Waals surface area (Å²) < 4.78 is 13.1. The lowest BCUT2D eigenvalue weighted by atomic mass is 9.88. The molecule has 1 atom stereocenters. The molecule has 172 valence electrons. The fourth-order valence-corrected chi connectivity index (χ4v) is 3.67. The number of benzene rings is 3. The molecule has 0 fully saturated rings. The van der Waals surface area contributed by atoms with Crippen LogP contribution in [0.2, 0.25) is 0 Å². The van der Waals surface area contributed by atoms with Gasteiger partial charge in [-0.05, 0) is 41.0 Å². The van der Waals surface area contributed by atoms with Crippen LogP contribution < -0.4 is 10.6 Å². The Morgan fingerprint density at radius 1 is 0.941 bits per heavy atom. The molecule has 0 bridgehead atoms. The molecular weight excluding hydrogens is 441 g/mol. The minimum absolute atomic E-state index is 0.0191. The molecule has 0 saturated heterocycles. The second-order valence-electron chi connectivity index (χ2n) is 7.75. The number of carbonyl (C=O) groups is 4. The topological polar surface area (TPSA) is 116 Å². The lowest BCUT2D eigenvalue weighted by molar-refractivity contribution is -0.159. The molecule has 0 saturated carbocycles. The Hall–Kier alpha value is -4.37. The number of nitrogens with zero attached hydrogens (tertiary/aromatic N) is 1. The number of amides is 4. The van der Waals surface area contributed by atoms with Crippen LogP contribution in [-0.4, -0.2) is 33.9 Å². The van der Waals surface area contributed by atoms with Crippen LogP contribution in [0, 0.1) is 5.82 Å². The second kappa shape index (κ2) is 9.63. The van der Waals surface area contributed by atoms with E-state index in [4.69, 9.17) is 0 Å². The van der Waals surface area contributed by atoms with Crippen LogP contribution in [0.3, 0.4) is 0 Å². The smallest absolute Gasteiger partial charge is 0.285 e. The van der Waals surface area contributed by atoms with Crippen LogP contribution in [0.4, 0.5) is 10.1 Å². The highest BCUT2D eigenvalue weighted by atomic mass is 19.1. The zero-order chi connectivity index (χ0) is 24.2. The van der Waals surface area contributed by atoms with Crippen molar-refractivity contribution in [3.63, 3.8) is 0 Å². The molecule has 0 aliphatic carbocycles. The minimum Gasteiger partial charge on any atom is -0.351 e. The quantitative estimate of drug-likeness (QED) is 0.297. The third-order valence-electron chi connectivity index (χ3n) is 5.38. The molecule has 4 rings (SSSR count). The van der Waals surface area contributed by atoms with Crippen molar-refractivity contribution in [3.05, 3.63) is 101 Å². The average Bonchev–Trinajstić information content (AvgIpc) is 2.83. The fourth-order valence-electron chi connectivity index (χ4n) is 3.67. The predicted molar refractivity (Wildman–Crippen MR) is 119 cm³/mol. The molecule has 0 radical (unpaired) electrons. The monoisotopic (exact) mass is 461 g/mol. The van der Waals surface area contributed by atoms with Gasteiger partial charge in [0.2, 0.25) is 11.8 Å². The molecule has 9 heteroatoms.